The van der Waals surface area contributed by atoms with Crippen molar-refractivity contribution in [3.63, 3.8) is 0 Å². The van der Waals surface area contributed by atoms with Gasteiger partial charge in [-0.25, -0.2) is 0 Å². The third-order valence-corrected chi connectivity index (χ3v) is 8.83. The van der Waals surface area contributed by atoms with Crippen molar-refractivity contribution < 1.29 is 19.4 Å². The number of hydrogen-bond acceptors (Lipinski definition) is 3. The van der Waals surface area contributed by atoms with E-state index in [9.17, 15) is 9.59 Å². The number of ether oxygens (including phenoxy) is 1. The summed E-state index contributed by atoms with van der Waals surface area (Å²) in [4.78, 5) is 23.0. The molecule has 0 saturated carbocycles. The molecule has 0 spiro atoms. The number of carboxylic acids is 1. The lowest BCUT2D eigenvalue weighted by Gasteiger charge is -2.18. The van der Waals surface area contributed by atoms with Crippen LogP contribution in [0.15, 0.2) is 0 Å². The molecular weight excluding hydrogens is 520 g/mol. The minimum absolute atomic E-state index is 0.0180. The summed E-state index contributed by atoms with van der Waals surface area (Å²) in [6.07, 6.45) is 40.3. The molecule has 0 aromatic heterocycles. The molecule has 0 fully saturated rings. The van der Waals surface area contributed by atoms with Crippen LogP contribution in [0.3, 0.4) is 0 Å². The van der Waals surface area contributed by atoms with E-state index in [4.69, 9.17) is 9.84 Å². The van der Waals surface area contributed by atoms with Gasteiger partial charge in [0.25, 0.3) is 0 Å². The molecule has 250 valence electrons. The highest BCUT2D eigenvalue weighted by molar-refractivity contribution is 5.69. The van der Waals surface area contributed by atoms with E-state index >= 15 is 0 Å². The van der Waals surface area contributed by atoms with Gasteiger partial charge in [0.2, 0.25) is 0 Å². The smallest absolute Gasteiger partial charge is 0.306 e. The summed E-state index contributed by atoms with van der Waals surface area (Å²) in [6.45, 7) is 4.49. The van der Waals surface area contributed by atoms with E-state index in [0.717, 1.165) is 64.2 Å². The van der Waals surface area contributed by atoms with Crippen molar-refractivity contribution in [2.75, 3.05) is 0 Å². The molecule has 0 rings (SSSR count). The largest absolute Gasteiger partial charge is 0.481 e. The zero-order valence-electron chi connectivity index (χ0n) is 28.6. The Hall–Kier alpha value is -1.06. The zero-order valence-corrected chi connectivity index (χ0v) is 28.6. The molecule has 0 heterocycles. The average molecular weight is 595 g/mol. The standard InChI is InChI=1S/C38H74O4/c1-3-5-7-8-9-10-11-12-13-14-15-16-17-18-19-20-25-28-31-35-38(41)42-36(32-6-4-2)33-29-26-23-21-22-24-27-30-34-37(39)40/h36H,3-35H2,1-2H3,(H,39,40). The number of carbonyl (C=O) groups is 2. The van der Waals surface area contributed by atoms with Crippen molar-refractivity contribution in [3.05, 3.63) is 0 Å². The molecule has 0 aromatic rings. The normalized spacial score (nSPS) is 12.0. The van der Waals surface area contributed by atoms with Gasteiger partial charge in [-0.3, -0.25) is 9.59 Å². The monoisotopic (exact) mass is 595 g/mol. The maximum Gasteiger partial charge on any atom is 0.306 e. The van der Waals surface area contributed by atoms with Crippen LogP contribution in [-0.4, -0.2) is 23.1 Å². The second-order valence-corrected chi connectivity index (χ2v) is 13.1. The lowest BCUT2D eigenvalue weighted by atomic mass is 10.0. The van der Waals surface area contributed by atoms with Gasteiger partial charge < -0.3 is 9.84 Å². The van der Waals surface area contributed by atoms with Gasteiger partial charge in [0.15, 0.2) is 0 Å². The van der Waals surface area contributed by atoms with Gasteiger partial charge in [0.1, 0.15) is 6.10 Å². The van der Waals surface area contributed by atoms with E-state index in [-0.39, 0.29) is 12.1 Å². The van der Waals surface area contributed by atoms with Gasteiger partial charge >= 0.3 is 11.9 Å². The number of rotatable bonds is 35. The Morgan fingerprint density at radius 1 is 0.429 bits per heavy atom. The lowest BCUT2D eigenvalue weighted by molar-refractivity contribution is -0.150. The van der Waals surface area contributed by atoms with Crippen molar-refractivity contribution in [1.29, 1.82) is 0 Å². The van der Waals surface area contributed by atoms with Crippen molar-refractivity contribution in [1.82, 2.24) is 0 Å². The number of carbonyl (C=O) groups excluding carboxylic acids is 1. The first-order valence-corrected chi connectivity index (χ1v) is 19.0. The van der Waals surface area contributed by atoms with Crippen LogP contribution in [0.4, 0.5) is 0 Å². The topological polar surface area (TPSA) is 63.6 Å². The van der Waals surface area contributed by atoms with Crippen LogP contribution in [0.2, 0.25) is 0 Å². The Morgan fingerprint density at radius 3 is 1.12 bits per heavy atom. The highest BCUT2D eigenvalue weighted by Gasteiger charge is 2.14. The summed E-state index contributed by atoms with van der Waals surface area (Å²) in [6, 6.07) is 0. The summed E-state index contributed by atoms with van der Waals surface area (Å²) in [5, 5.41) is 8.69. The average Bonchev–Trinajstić information content (AvgIpc) is 2.97. The molecule has 0 amide bonds. The van der Waals surface area contributed by atoms with Crippen LogP contribution < -0.4 is 0 Å². The Kier molecular flexibility index (Phi) is 33.6. The predicted molar refractivity (Wildman–Crippen MR) is 181 cm³/mol. The van der Waals surface area contributed by atoms with Crippen LogP contribution in [0.1, 0.15) is 226 Å². The molecule has 1 unspecified atom stereocenters. The summed E-state index contributed by atoms with van der Waals surface area (Å²) >= 11 is 0. The Balaban J connectivity index is 3.55. The highest BCUT2D eigenvalue weighted by atomic mass is 16.5. The molecule has 4 nitrogen and oxygen atoms in total. The summed E-state index contributed by atoms with van der Waals surface area (Å²) in [5.74, 6) is -0.664. The second kappa shape index (κ2) is 34.4. The highest BCUT2D eigenvalue weighted by Crippen LogP contribution is 2.18. The van der Waals surface area contributed by atoms with Gasteiger partial charge in [0.05, 0.1) is 0 Å². The van der Waals surface area contributed by atoms with Crippen molar-refractivity contribution in [2.24, 2.45) is 0 Å². The van der Waals surface area contributed by atoms with Crippen LogP contribution in [0, 0.1) is 0 Å². The second-order valence-electron chi connectivity index (χ2n) is 13.1. The Morgan fingerprint density at radius 2 is 0.738 bits per heavy atom. The SMILES string of the molecule is CCCCCCCCCCCCCCCCCCCCCC(=O)OC(CCCC)CCCCCCCCCCC(=O)O. The fourth-order valence-corrected chi connectivity index (χ4v) is 6.00. The first-order valence-electron chi connectivity index (χ1n) is 19.0. The number of aliphatic carboxylic acids is 1. The summed E-state index contributed by atoms with van der Waals surface area (Å²) in [7, 11) is 0. The third kappa shape index (κ3) is 33.4. The molecule has 0 aromatic carbocycles. The van der Waals surface area contributed by atoms with Gasteiger partial charge in [-0.1, -0.05) is 181 Å². The van der Waals surface area contributed by atoms with Crippen LogP contribution in [0.5, 0.6) is 0 Å². The maximum atomic E-state index is 12.4. The van der Waals surface area contributed by atoms with E-state index in [2.05, 4.69) is 13.8 Å². The number of hydrogen-bond donors (Lipinski definition) is 1. The zero-order chi connectivity index (χ0) is 30.8. The Labute approximate surface area is 262 Å². The van der Waals surface area contributed by atoms with Gasteiger partial charge in [-0.2, -0.15) is 0 Å². The minimum Gasteiger partial charge on any atom is -0.481 e. The van der Waals surface area contributed by atoms with Crippen LogP contribution in [0.25, 0.3) is 0 Å². The predicted octanol–water partition coefficient (Wildman–Crippen LogP) is 12.9. The molecular formula is C38H74O4. The van der Waals surface area contributed by atoms with Crippen molar-refractivity contribution in [2.45, 2.75) is 232 Å². The van der Waals surface area contributed by atoms with Crippen molar-refractivity contribution in [3.8, 4) is 0 Å². The number of esters is 1. The fourth-order valence-electron chi connectivity index (χ4n) is 6.00. The molecule has 0 bridgehead atoms. The Bertz CT molecular complexity index is 561. The molecule has 4 heteroatoms. The maximum absolute atomic E-state index is 12.4. The summed E-state index contributed by atoms with van der Waals surface area (Å²) < 4.78 is 5.89. The van der Waals surface area contributed by atoms with Gasteiger partial charge in [0, 0.05) is 12.8 Å². The minimum atomic E-state index is -0.682. The van der Waals surface area contributed by atoms with Crippen LogP contribution >= 0.6 is 0 Å². The summed E-state index contributed by atoms with van der Waals surface area (Å²) in [5.41, 5.74) is 0. The van der Waals surface area contributed by atoms with E-state index in [1.54, 1.807) is 0 Å². The number of carboxylic acid groups (broad SMARTS) is 1. The first kappa shape index (κ1) is 40.9. The molecule has 1 atom stereocenters. The molecule has 42 heavy (non-hydrogen) atoms. The van der Waals surface area contributed by atoms with Gasteiger partial charge in [-0.05, 0) is 32.1 Å². The van der Waals surface area contributed by atoms with E-state index in [0.29, 0.717) is 12.8 Å². The van der Waals surface area contributed by atoms with Crippen molar-refractivity contribution >= 4 is 11.9 Å². The quantitative estimate of drug-likeness (QED) is 0.0585. The molecule has 0 radical (unpaired) electrons. The molecule has 0 aliphatic rings. The van der Waals surface area contributed by atoms with Crippen LogP contribution in [-0.2, 0) is 14.3 Å². The molecule has 1 N–H and O–H groups in total. The molecule has 0 aliphatic carbocycles. The van der Waals surface area contributed by atoms with Gasteiger partial charge in [-0.15, -0.1) is 0 Å². The number of unbranched alkanes of at least 4 members (excludes halogenated alkanes) is 26. The lowest BCUT2D eigenvalue weighted by Crippen LogP contribution is -2.18. The molecule has 0 aliphatic heterocycles. The van der Waals surface area contributed by atoms with E-state index in [1.807, 2.05) is 0 Å². The fraction of sp³-hybridized carbons (Fsp3) is 0.947. The third-order valence-electron chi connectivity index (χ3n) is 8.83. The first-order chi connectivity index (χ1) is 20.6. The van der Waals surface area contributed by atoms with E-state index < -0.39 is 5.97 Å². The van der Waals surface area contributed by atoms with E-state index in [1.165, 1.54) is 135 Å². The molecule has 0 saturated heterocycles.